The van der Waals surface area contributed by atoms with Gasteiger partial charge in [-0.1, -0.05) is 6.07 Å². The van der Waals surface area contributed by atoms with Crippen molar-refractivity contribution >= 4 is 56.8 Å². The van der Waals surface area contributed by atoms with Gasteiger partial charge in [-0.05, 0) is 46.3 Å². The average Bonchev–Trinajstić information content (AvgIpc) is 3.38. The molecule has 2 aromatic rings. The van der Waals surface area contributed by atoms with Gasteiger partial charge in [0, 0.05) is 33.6 Å². The van der Waals surface area contributed by atoms with Crippen LogP contribution >= 0.6 is 27.7 Å². The highest BCUT2D eigenvalue weighted by atomic mass is 79.9. The van der Waals surface area contributed by atoms with E-state index in [1.165, 1.54) is 28.8 Å². The molecular formula is C22H15BrF9N3O4S. The van der Waals surface area contributed by atoms with Crippen LogP contribution in [-0.4, -0.2) is 59.8 Å². The maximum atomic E-state index is 14.5. The van der Waals surface area contributed by atoms with Gasteiger partial charge in [0.25, 0.3) is 5.91 Å². The molecule has 0 aliphatic carbocycles. The van der Waals surface area contributed by atoms with Crippen LogP contribution in [0.25, 0.3) is 0 Å². The highest BCUT2D eigenvalue weighted by Gasteiger charge is 2.73. The second kappa shape index (κ2) is 11.8. The summed E-state index contributed by atoms with van der Waals surface area (Å²) >= 11 is 4.00. The van der Waals surface area contributed by atoms with Gasteiger partial charge in [0.2, 0.25) is 0 Å². The van der Waals surface area contributed by atoms with Crippen molar-refractivity contribution < 1.29 is 58.6 Å². The number of ether oxygens (including phenoxy) is 1. The number of nitrogens with zero attached hydrogens (tertiary/aromatic N) is 1. The van der Waals surface area contributed by atoms with Gasteiger partial charge in [-0.15, -0.1) is 11.8 Å². The predicted molar refractivity (Wildman–Crippen MR) is 128 cm³/mol. The molecule has 0 saturated carbocycles. The lowest BCUT2D eigenvalue weighted by molar-refractivity contribution is -0.348. The Morgan fingerprint density at radius 1 is 0.975 bits per heavy atom. The summed E-state index contributed by atoms with van der Waals surface area (Å²) in [6.07, 6.45) is -13.1. The number of benzene rings is 2. The van der Waals surface area contributed by atoms with Crippen molar-refractivity contribution in [3.8, 4) is 5.75 Å². The minimum atomic E-state index is -6.54. The van der Waals surface area contributed by atoms with Gasteiger partial charge in [-0.2, -0.15) is 35.1 Å². The first-order valence-electron chi connectivity index (χ1n) is 10.7. The Bertz CT molecular complexity index is 1290. The zero-order valence-electron chi connectivity index (χ0n) is 19.4. The summed E-state index contributed by atoms with van der Waals surface area (Å²) in [5.74, 6) is -3.47. The number of alkyl halides is 9. The third-order valence-electron chi connectivity index (χ3n) is 5.30. The summed E-state index contributed by atoms with van der Waals surface area (Å²) in [5, 5.41) is 4.26. The van der Waals surface area contributed by atoms with E-state index in [1.54, 1.807) is 0 Å². The Morgan fingerprint density at radius 3 is 2.17 bits per heavy atom. The quantitative estimate of drug-likeness (QED) is 0.289. The molecule has 218 valence electrons. The minimum Gasteiger partial charge on any atom is -0.433 e. The van der Waals surface area contributed by atoms with Crippen LogP contribution in [0.15, 0.2) is 40.9 Å². The van der Waals surface area contributed by atoms with Crippen molar-refractivity contribution in [1.82, 2.24) is 4.90 Å². The van der Waals surface area contributed by atoms with E-state index in [0.717, 1.165) is 12.1 Å². The summed E-state index contributed by atoms with van der Waals surface area (Å²) < 4.78 is 123. The fraction of sp³-hybridized carbons (Fsp3) is 0.318. The first kappa shape index (κ1) is 31.4. The van der Waals surface area contributed by atoms with Crippen molar-refractivity contribution in [2.75, 3.05) is 28.8 Å². The zero-order chi connectivity index (χ0) is 30.0. The summed E-state index contributed by atoms with van der Waals surface area (Å²) in [7, 11) is 0. The maximum absolute atomic E-state index is 14.5. The molecular weight excluding hydrogens is 653 g/mol. The SMILES string of the molecule is O=C(Nc1cccc(C(=O)Nc2c(Br)cc(C(F)(C(F)(F)F)C(F)(F)F)cc2OC(F)F)c1)C(=O)N1CCSC1. The number of carbonyl (C=O) groups is 3. The Balaban J connectivity index is 1.92. The molecule has 7 nitrogen and oxygen atoms in total. The fourth-order valence-corrected chi connectivity index (χ4v) is 4.89. The Morgan fingerprint density at radius 2 is 1.62 bits per heavy atom. The summed E-state index contributed by atoms with van der Waals surface area (Å²) in [6.45, 7) is -3.44. The van der Waals surface area contributed by atoms with Crippen molar-refractivity contribution in [1.29, 1.82) is 0 Å². The molecule has 1 saturated heterocycles. The highest BCUT2D eigenvalue weighted by Crippen LogP contribution is 2.55. The molecule has 0 unspecified atom stereocenters. The van der Waals surface area contributed by atoms with Crippen LogP contribution in [-0.2, 0) is 15.3 Å². The molecule has 0 radical (unpaired) electrons. The van der Waals surface area contributed by atoms with E-state index in [4.69, 9.17) is 0 Å². The van der Waals surface area contributed by atoms with Crippen molar-refractivity contribution in [3.63, 3.8) is 0 Å². The second-order valence-corrected chi connectivity index (χ2v) is 9.89. The molecule has 3 amide bonds. The van der Waals surface area contributed by atoms with Crippen LogP contribution in [0.3, 0.4) is 0 Å². The Labute approximate surface area is 231 Å². The van der Waals surface area contributed by atoms with Gasteiger partial charge in [0.05, 0.1) is 11.6 Å². The van der Waals surface area contributed by atoms with E-state index < -0.39 is 63.8 Å². The lowest BCUT2D eigenvalue weighted by atomic mass is 9.93. The number of halogens is 10. The van der Waals surface area contributed by atoms with E-state index in [0.29, 0.717) is 18.2 Å². The molecule has 1 aliphatic rings. The molecule has 1 aliphatic heterocycles. The van der Waals surface area contributed by atoms with Crippen molar-refractivity contribution in [2.24, 2.45) is 0 Å². The number of anilines is 2. The molecule has 1 heterocycles. The highest BCUT2D eigenvalue weighted by molar-refractivity contribution is 9.10. The monoisotopic (exact) mass is 667 g/mol. The van der Waals surface area contributed by atoms with Crippen molar-refractivity contribution in [2.45, 2.75) is 24.6 Å². The summed E-state index contributed by atoms with van der Waals surface area (Å²) in [5.41, 5.74) is -9.29. The van der Waals surface area contributed by atoms with E-state index in [9.17, 15) is 53.9 Å². The normalized spacial score (nSPS) is 14.3. The smallest absolute Gasteiger partial charge is 0.433 e. The van der Waals surface area contributed by atoms with Gasteiger partial charge in [-0.25, -0.2) is 4.39 Å². The molecule has 0 spiro atoms. The van der Waals surface area contributed by atoms with Gasteiger partial charge in [0.1, 0.15) is 0 Å². The summed E-state index contributed by atoms with van der Waals surface area (Å²) in [6, 6.07) is 4.50. The van der Waals surface area contributed by atoms with Crippen molar-refractivity contribution in [3.05, 3.63) is 52.0 Å². The number of rotatable bonds is 6. The first-order valence-corrected chi connectivity index (χ1v) is 12.6. The first-order chi connectivity index (χ1) is 18.5. The third-order valence-corrected chi connectivity index (χ3v) is 6.90. The van der Waals surface area contributed by atoms with Crippen LogP contribution in [0.1, 0.15) is 15.9 Å². The molecule has 2 aromatic carbocycles. The molecule has 2 N–H and O–H groups in total. The van der Waals surface area contributed by atoms with Gasteiger partial charge in [-0.3, -0.25) is 14.4 Å². The Kier molecular flexibility index (Phi) is 9.22. The van der Waals surface area contributed by atoms with E-state index >= 15 is 0 Å². The van der Waals surface area contributed by atoms with Gasteiger partial charge >= 0.3 is 36.4 Å². The van der Waals surface area contributed by atoms with Crippen LogP contribution < -0.4 is 15.4 Å². The molecule has 0 atom stereocenters. The third kappa shape index (κ3) is 6.59. The zero-order valence-corrected chi connectivity index (χ0v) is 21.8. The molecule has 0 aromatic heterocycles. The second-order valence-electron chi connectivity index (χ2n) is 7.96. The fourth-order valence-electron chi connectivity index (χ4n) is 3.40. The average molecular weight is 668 g/mol. The number of nitrogens with one attached hydrogen (secondary N) is 2. The molecule has 40 heavy (non-hydrogen) atoms. The standard InChI is InChI=1S/C22H15BrF9N3O4S/c23-13-7-11(20(26,21(27,28)29)22(30,31)32)8-14(39-19(24)25)15(13)34-16(36)10-2-1-3-12(6-10)33-17(37)18(38)35-4-5-40-9-35/h1-3,6-8,19H,4-5,9H2,(H,33,37)(H,34,36). The van der Waals surface area contributed by atoms with E-state index in [2.05, 4.69) is 26.0 Å². The van der Waals surface area contributed by atoms with Gasteiger partial charge in [0.15, 0.2) is 5.75 Å². The lowest BCUT2D eigenvalue weighted by Crippen LogP contribution is -2.50. The number of carbonyl (C=O) groups excluding carboxylic acids is 3. The topological polar surface area (TPSA) is 87.7 Å². The van der Waals surface area contributed by atoms with Gasteiger partial charge < -0.3 is 20.3 Å². The molecule has 1 fully saturated rings. The largest absolute Gasteiger partial charge is 0.435 e. The van der Waals surface area contributed by atoms with E-state index in [-0.39, 0.29) is 23.4 Å². The number of hydrogen-bond donors (Lipinski definition) is 2. The Hall–Kier alpha value is -3.15. The minimum absolute atomic E-state index is 0.00776. The number of amides is 3. The molecule has 18 heteroatoms. The molecule has 0 bridgehead atoms. The van der Waals surface area contributed by atoms with Crippen LogP contribution in [0.4, 0.5) is 50.9 Å². The van der Waals surface area contributed by atoms with E-state index in [1.807, 2.05) is 5.32 Å². The number of hydrogen-bond acceptors (Lipinski definition) is 5. The lowest BCUT2D eigenvalue weighted by Gasteiger charge is -2.31. The predicted octanol–water partition coefficient (Wildman–Crippen LogP) is 6.06. The molecule has 3 rings (SSSR count). The maximum Gasteiger partial charge on any atom is 0.435 e. The number of thioether (sulfide) groups is 1. The van der Waals surface area contributed by atoms with Crippen LogP contribution in [0.2, 0.25) is 0 Å². The van der Waals surface area contributed by atoms with Crippen LogP contribution in [0.5, 0.6) is 5.75 Å². The summed E-state index contributed by atoms with van der Waals surface area (Å²) in [4.78, 5) is 38.5. The van der Waals surface area contributed by atoms with Crippen LogP contribution in [0, 0.1) is 0 Å².